The van der Waals surface area contributed by atoms with Gasteiger partial charge in [-0.05, 0) is 48.9 Å². The minimum absolute atomic E-state index is 0.0832. The fourth-order valence-electron chi connectivity index (χ4n) is 2.69. The molecule has 0 aliphatic carbocycles. The maximum absolute atomic E-state index is 13.6. The van der Waals surface area contributed by atoms with E-state index in [-0.39, 0.29) is 17.1 Å². The highest BCUT2D eigenvalue weighted by atomic mass is 32.2. The third-order valence-electron chi connectivity index (χ3n) is 4.17. The summed E-state index contributed by atoms with van der Waals surface area (Å²) < 4.78 is 41.2. The van der Waals surface area contributed by atoms with Crippen LogP contribution in [0.2, 0.25) is 0 Å². The largest absolute Gasteiger partial charge is 0.269 e. The van der Waals surface area contributed by atoms with Gasteiger partial charge in [0.25, 0.3) is 15.7 Å². The van der Waals surface area contributed by atoms with Crippen LogP contribution in [0.4, 0.5) is 15.8 Å². The third-order valence-corrected chi connectivity index (χ3v) is 5.96. The highest BCUT2D eigenvalue weighted by molar-refractivity contribution is 7.92. The summed E-state index contributed by atoms with van der Waals surface area (Å²) in [6.45, 7) is 1.80. The minimum Gasteiger partial charge on any atom is -0.262 e. The number of hydrogen-bond donors (Lipinski definition) is 0. The van der Waals surface area contributed by atoms with Crippen LogP contribution in [0.25, 0.3) is 0 Å². The molecule has 0 saturated carbocycles. The van der Waals surface area contributed by atoms with E-state index in [0.717, 1.165) is 22.0 Å². The molecule has 0 atom stereocenters. The second kappa shape index (κ2) is 7.77. The molecule has 0 fully saturated rings. The van der Waals surface area contributed by atoms with E-state index in [4.69, 9.17) is 0 Å². The minimum atomic E-state index is -4.03. The number of hydrogen-bond acceptors (Lipinski definition) is 4. The summed E-state index contributed by atoms with van der Waals surface area (Å²) in [4.78, 5) is 10.1. The summed E-state index contributed by atoms with van der Waals surface area (Å²) in [5, 5.41) is 10.8. The normalized spacial score (nSPS) is 11.2. The summed E-state index contributed by atoms with van der Waals surface area (Å²) in [5.74, 6) is -0.464. The zero-order chi connectivity index (χ0) is 20.3. The summed E-state index contributed by atoms with van der Waals surface area (Å²) in [6, 6.07) is 17.3. The summed E-state index contributed by atoms with van der Waals surface area (Å²) in [7, 11) is -4.03. The van der Waals surface area contributed by atoms with Gasteiger partial charge in [0.15, 0.2) is 0 Å². The average Bonchev–Trinajstić information content (AvgIpc) is 2.67. The lowest BCUT2D eigenvalue weighted by molar-refractivity contribution is -0.384. The standard InChI is InChI=1S/C20H17FN2O4S/c1-15-5-7-18(8-6-15)22(14-16-3-2-4-17(21)13-16)28(26,27)20-11-9-19(10-12-20)23(24)25/h2-13H,14H2,1H3. The Labute approximate surface area is 162 Å². The molecular formula is C20H17FN2O4S. The SMILES string of the molecule is Cc1ccc(N(Cc2cccc(F)c2)S(=O)(=O)c2ccc([N+](=O)[O-])cc2)cc1. The number of halogens is 1. The van der Waals surface area contributed by atoms with Crippen molar-refractivity contribution in [3.05, 3.63) is 99.9 Å². The fourth-order valence-corrected chi connectivity index (χ4v) is 4.15. The fraction of sp³-hybridized carbons (Fsp3) is 0.100. The second-order valence-electron chi connectivity index (χ2n) is 6.23. The molecule has 0 bridgehead atoms. The van der Waals surface area contributed by atoms with Crippen molar-refractivity contribution in [2.45, 2.75) is 18.4 Å². The Morgan fingerprint density at radius 2 is 1.64 bits per heavy atom. The summed E-state index contributed by atoms with van der Waals surface area (Å²) >= 11 is 0. The van der Waals surface area contributed by atoms with Crippen LogP contribution in [0.15, 0.2) is 77.7 Å². The lowest BCUT2D eigenvalue weighted by Gasteiger charge is -2.25. The first-order valence-electron chi connectivity index (χ1n) is 8.36. The van der Waals surface area contributed by atoms with E-state index in [9.17, 15) is 22.9 Å². The average molecular weight is 400 g/mol. The van der Waals surface area contributed by atoms with Gasteiger partial charge in [-0.25, -0.2) is 12.8 Å². The van der Waals surface area contributed by atoms with Crippen LogP contribution in [0.1, 0.15) is 11.1 Å². The molecule has 0 aliphatic heterocycles. The molecule has 3 aromatic rings. The number of anilines is 1. The Kier molecular flexibility index (Phi) is 5.41. The lowest BCUT2D eigenvalue weighted by Crippen LogP contribution is -2.30. The first-order chi connectivity index (χ1) is 13.3. The van der Waals surface area contributed by atoms with Crippen LogP contribution < -0.4 is 4.31 Å². The van der Waals surface area contributed by atoms with Gasteiger partial charge in [-0.3, -0.25) is 14.4 Å². The Morgan fingerprint density at radius 3 is 2.21 bits per heavy atom. The third kappa shape index (κ3) is 4.17. The van der Waals surface area contributed by atoms with E-state index in [1.807, 2.05) is 6.92 Å². The van der Waals surface area contributed by atoms with Gasteiger partial charge in [-0.2, -0.15) is 0 Å². The maximum atomic E-state index is 13.6. The van der Waals surface area contributed by atoms with Crippen molar-refractivity contribution in [1.29, 1.82) is 0 Å². The van der Waals surface area contributed by atoms with Crippen molar-refractivity contribution in [2.75, 3.05) is 4.31 Å². The number of aryl methyl sites for hydroxylation is 1. The maximum Gasteiger partial charge on any atom is 0.269 e. The van der Waals surface area contributed by atoms with Crippen molar-refractivity contribution in [3.63, 3.8) is 0 Å². The van der Waals surface area contributed by atoms with Crippen molar-refractivity contribution in [1.82, 2.24) is 0 Å². The molecule has 0 saturated heterocycles. The number of non-ortho nitro benzene ring substituents is 1. The van der Waals surface area contributed by atoms with E-state index in [2.05, 4.69) is 0 Å². The summed E-state index contributed by atoms with van der Waals surface area (Å²) in [5.41, 5.74) is 1.65. The highest BCUT2D eigenvalue weighted by Gasteiger charge is 2.26. The van der Waals surface area contributed by atoms with Gasteiger partial charge in [-0.1, -0.05) is 29.8 Å². The van der Waals surface area contributed by atoms with Crippen LogP contribution in [-0.2, 0) is 16.6 Å². The monoisotopic (exact) mass is 400 g/mol. The molecule has 0 N–H and O–H groups in total. The molecule has 0 heterocycles. The first-order valence-corrected chi connectivity index (χ1v) is 9.80. The van der Waals surface area contributed by atoms with E-state index < -0.39 is 20.8 Å². The van der Waals surface area contributed by atoms with E-state index in [0.29, 0.717) is 11.3 Å². The smallest absolute Gasteiger partial charge is 0.262 e. The van der Waals surface area contributed by atoms with E-state index in [1.54, 1.807) is 30.3 Å². The molecule has 3 aromatic carbocycles. The number of nitro groups is 1. The zero-order valence-corrected chi connectivity index (χ0v) is 15.8. The van der Waals surface area contributed by atoms with Gasteiger partial charge in [0.1, 0.15) is 5.82 Å². The van der Waals surface area contributed by atoms with Crippen molar-refractivity contribution >= 4 is 21.4 Å². The van der Waals surface area contributed by atoms with Gasteiger partial charge in [0, 0.05) is 12.1 Å². The Morgan fingerprint density at radius 1 is 1.00 bits per heavy atom. The molecule has 144 valence electrons. The number of sulfonamides is 1. The first kappa shape index (κ1) is 19.5. The molecule has 0 spiro atoms. The van der Waals surface area contributed by atoms with Gasteiger partial charge >= 0.3 is 0 Å². The second-order valence-corrected chi connectivity index (χ2v) is 8.09. The molecule has 0 aliphatic rings. The Hall–Kier alpha value is -3.26. The molecule has 0 aromatic heterocycles. The van der Waals surface area contributed by atoms with Crippen LogP contribution in [0.5, 0.6) is 0 Å². The number of nitrogens with zero attached hydrogens (tertiary/aromatic N) is 2. The van der Waals surface area contributed by atoms with Crippen LogP contribution in [0.3, 0.4) is 0 Å². The number of nitro benzene ring substituents is 1. The predicted octanol–water partition coefficient (Wildman–Crippen LogP) is 4.44. The molecule has 3 rings (SSSR count). The molecule has 0 amide bonds. The molecule has 0 unspecified atom stereocenters. The summed E-state index contributed by atoms with van der Waals surface area (Å²) in [6.07, 6.45) is 0. The molecular weight excluding hydrogens is 383 g/mol. The molecule has 6 nitrogen and oxygen atoms in total. The number of rotatable bonds is 6. The van der Waals surface area contributed by atoms with Gasteiger partial charge in [0.05, 0.1) is 22.1 Å². The molecule has 0 radical (unpaired) electrons. The van der Waals surface area contributed by atoms with E-state index >= 15 is 0 Å². The quantitative estimate of drug-likeness (QED) is 0.453. The molecule has 8 heteroatoms. The Bertz CT molecular complexity index is 1100. The van der Waals surface area contributed by atoms with E-state index in [1.165, 1.54) is 30.3 Å². The highest BCUT2D eigenvalue weighted by Crippen LogP contribution is 2.27. The van der Waals surface area contributed by atoms with Gasteiger partial charge in [-0.15, -0.1) is 0 Å². The Balaban J connectivity index is 2.06. The van der Waals surface area contributed by atoms with Crippen molar-refractivity contribution in [3.8, 4) is 0 Å². The zero-order valence-electron chi connectivity index (χ0n) is 14.9. The van der Waals surface area contributed by atoms with Crippen LogP contribution in [-0.4, -0.2) is 13.3 Å². The van der Waals surface area contributed by atoms with Crippen molar-refractivity contribution < 1.29 is 17.7 Å². The lowest BCUT2D eigenvalue weighted by atomic mass is 10.2. The van der Waals surface area contributed by atoms with Crippen LogP contribution in [0, 0.1) is 22.9 Å². The van der Waals surface area contributed by atoms with Gasteiger partial charge < -0.3 is 0 Å². The topological polar surface area (TPSA) is 80.5 Å². The molecule has 28 heavy (non-hydrogen) atoms. The predicted molar refractivity (Wildman–Crippen MR) is 104 cm³/mol. The van der Waals surface area contributed by atoms with Crippen molar-refractivity contribution in [2.24, 2.45) is 0 Å². The van der Waals surface area contributed by atoms with Crippen LogP contribution >= 0.6 is 0 Å². The number of benzene rings is 3. The van der Waals surface area contributed by atoms with Gasteiger partial charge in [0.2, 0.25) is 0 Å².